The molecular weight excluding hydrogens is 316 g/mol. The highest BCUT2D eigenvalue weighted by Gasteiger charge is 2.34. The Morgan fingerprint density at radius 1 is 1.13 bits per heavy atom. The van der Waals surface area contributed by atoms with Gasteiger partial charge in [-0.1, -0.05) is 25.3 Å². The molecule has 0 saturated heterocycles. The third-order valence-electron chi connectivity index (χ3n) is 4.50. The fourth-order valence-electron chi connectivity index (χ4n) is 3.15. The molecule has 23 heavy (non-hydrogen) atoms. The van der Waals surface area contributed by atoms with E-state index in [1.165, 1.54) is 6.42 Å². The van der Waals surface area contributed by atoms with E-state index in [-0.39, 0.29) is 18.3 Å². The molecule has 0 bridgehead atoms. The molecule has 1 aliphatic carbocycles. The van der Waals surface area contributed by atoms with Gasteiger partial charge in [-0.15, -0.1) is 12.4 Å². The van der Waals surface area contributed by atoms with Crippen molar-refractivity contribution in [1.82, 2.24) is 5.32 Å². The van der Waals surface area contributed by atoms with E-state index in [2.05, 4.69) is 5.32 Å². The number of nitrogens with one attached hydrogen (secondary N) is 1. The maximum Gasteiger partial charge on any atom is 0.240 e. The van der Waals surface area contributed by atoms with Crippen molar-refractivity contribution in [2.24, 2.45) is 5.73 Å². The molecule has 1 amide bonds. The summed E-state index contributed by atoms with van der Waals surface area (Å²) in [5.74, 6) is 1.57. The van der Waals surface area contributed by atoms with Gasteiger partial charge in [-0.05, 0) is 37.0 Å². The van der Waals surface area contributed by atoms with E-state index in [0.717, 1.165) is 49.2 Å². The molecule has 0 spiro atoms. The number of benzene rings is 1. The number of carbonyl (C=O) groups excluding carboxylic acids is 1. The summed E-state index contributed by atoms with van der Waals surface area (Å²) >= 11 is 0. The molecule has 6 heteroatoms. The molecule has 2 aliphatic rings. The molecule has 1 saturated carbocycles. The van der Waals surface area contributed by atoms with Crippen molar-refractivity contribution in [2.45, 2.75) is 44.1 Å². The highest BCUT2D eigenvalue weighted by molar-refractivity contribution is 5.86. The number of amides is 1. The lowest BCUT2D eigenvalue weighted by Crippen LogP contribution is -2.55. The lowest BCUT2D eigenvalue weighted by molar-refractivity contribution is -0.127. The Bertz CT molecular complexity index is 545. The van der Waals surface area contributed by atoms with E-state index in [1.54, 1.807) is 0 Å². The van der Waals surface area contributed by atoms with Crippen molar-refractivity contribution in [3.8, 4) is 11.5 Å². The zero-order valence-corrected chi connectivity index (χ0v) is 14.1. The molecule has 0 aromatic heterocycles. The molecule has 5 nitrogen and oxygen atoms in total. The number of hydrogen-bond acceptors (Lipinski definition) is 4. The quantitative estimate of drug-likeness (QED) is 0.881. The second-order valence-corrected chi connectivity index (χ2v) is 6.20. The zero-order valence-electron chi connectivity index (χ0n) is 13.3. The second-order valence-electron chi connectivity index (χ2n) is 6.20. The minimum absolute atomic E-state index is 0. The highest BCUT2D eigenvalue weighted by Crippen LogP contribution is 2.31. The molecular formula is C17H25ClN2O3. The van der Waals surface area contributed by atoms with Crippen molar-refractivity contribution in [1.29, 1.82) is 0 Å². The van der Waals surface area contributed by atoms with Crippen LogP contribution in [0.5, 0.6) is 11.5 Å². The van der Waals surface area contributed by atoms with Crippen molar-refractivity contribution in [2.75, 3.05) is 19.8 Å². The van der Waals surface area contributed by atoms with Gasteiger partial charge in [0, 0.05) is 6.54 Å². The number of rotatable bonds is 4. The first-order chi connectivity index (χ1) is 10.7. The summed E-state index contributed by atoms with van der Waals surface area (Å²) in [5, 5.41) is 2.99. The number of hydrogen-bond donors (Lipinski definition) is 2. The van der Waals surface area contributed by atoms with Crippen molar-refractivity contribution >= 4 is 18.3 Å². The second kappa shape index (κ2) is 7.88. The van der Waals surface area contributed by atoms with Gasteiger partial charge < -0.3 is 20.5 Å². The van der Waals surface area contributed by atoms with Crippen LogP contribution in [0.4, 0.5) is 0 Å². The smallest absolute Gasteiger partial charge is 0.240 e. The molecule has 1 aliphatic heterocycles. The number of halogens is 1. The fourth-order valence-corrected chi connectivity index (χ4v) is 3.15. The largest absolute Gasteiger partial charge is 0.486 e. The molecule has 128 valence electrons. The molecule has 0 unspecified atom stereocenters. The predicted octanol–water partition coefficient (Wildman–Crippen LogP) is 2.20. The van der Waals surface area contributed by atoms with E-state index in [4.69, 9.17) is 15.2 Å². The van der Waals surface area contributed by atoms with Gasteiger partial charge in [0.2, 0.25) is 5.91 Å². The average molecular weight is 341 g/mol. The Morgan fingerprint density at radius 2 is 1.83 bits per heavy atom. The summed E-state index contributed by atoms with van der Waals surface area (Å²) in [7, 11) is 0. The van der Waals surface area contributed by atoms with E-state index >= 15 is 0 Å². The van der Waals surface area contributed by atoms with Crippen LogP contribution in [0, 0.1) is 0 Å². The van der Waals surface area contributed by atoms with Gasteiger partial charge in [-0.2, -0.15) is 0 Å². The van der Waals surface area contributed by atoms with E-state index < -0.39 is 5.54 Å². The Hall–Kier alpha value is -1.46. The van der Waals surface area contributed by atoms with Crippen LogP contribution in [0.2, 0.25) is 0 Å². The first-order valence-electron chi connectivity index (χ1n) is 8.13. The van der Waals surface area contributed by atoms with Gasteiger partial charge in [0.15, 0.2) is 11.5 Å². The summed E-state index contributed by atoms with van der Waals surface area (Å²) in [6, 6.07) is 5.93. The number of carbonyl (C=O) groups is 1. The maximum absolute atomic E-state index is 12.3. The first-order valence-corrected chi connectivity index (χ1v) is 8.13. The van der Waals surface area contributed by atoms with Gasteiger partial charge >= 0.3 is 0 Å². The van der Waals surface area contributed by atoms with Crippen molar-refractivity contribution in [3.63, 3.8) is 0 Å². The lowest BCUT2D eigenvalue weighted by Gasteiger charge is -2.31. The summed E-state index contributed by atoms with van der Waals surface area (Å²) in [6.45, 7) is 1.78. The third kappa shape index (κ3) is 4.30. The van der Waals surface area contributed by atoms with Crippen molar-refractivity contribution < 1.29 is 14.3 Å². The molecule has 1 aromatic carbocycles. The first kappa shape index (κ1) is 17.9. The summed E-state index contributed by atoms with van der Waals surface area (Å²) in [5.41, 5.74) is 6.69. The maximum atomic E-state index is 12.3. The topological polar surface area (TPSA) is 73.6 Å². The van der Waals surface area contributed by atoms with Gasteiger partial charge in [0.05, 0.1) is 5.54 Å². The average Bonchev–Trinajstić information content (AvgIpc) is 2.55. The number of ether oxygens (including phenoxy) is 2. The summed E-state index contributed by atoms with van der Waals surface area (Å²) in [4.78, 5) is 12.3. The fraction of sp³-hybridized carbons (Fsp3) is 0.588. The summed E-state index contributed by atoms with van der Waals surface area (Å²) < 4.78 is 11.1. The molecule has 0 radical (unpaired) electrons. The highest BCUT2D eigenvalue weighted by atomic mass is 35.5. The molecule has 1 heterocycles. The van der Waals surface area contributed by atoms with Crippen LogP contribution in [-0.2, 0) is 11.2 Å². The molecule has 3 N–H and O–H groups in total. The molecule has 3 rings (SSSR count). The number of fused-ring (bicyclic) bond motifs is 1. The Balaban J connectivity index is 0.00000192. The van der Waals surface area contributed by atoms with Gasteiger partial charge in [0.1, 0.15) is 13.2 Å². The van der Waals surface area contributed by atoms with Crippen LogP contribution in [-0.4, -0.2) is 31.2 Å². The van der Waals surface area contributed by atoms with Crippen LogP contribution >= 0.6 is 12.4 Å². The Morgan fingerprint density at radius 3 is 2.57 bits per heavy atom. The standard InChI is InChI=1S/C17H24N2O3.ClH/c18-17(7-2-1-3-8-17)16(20)19-9-6-13-4-5-14-15(12-13)22-11-10-21-14;/h4-5,12H,1-3,6-11,18H2,(H,19,20);1H. The monoisotopic (exact) mass is 340 g/mol. The predicted molar refractivity (Wildman–Crippen MR) is 91.4 cm³/mol. The minimum atomic E-state index is -0.662. The zero-order chi connectivity index (χ0) is 15.4. The Kier molecular flexibility index (Phi) is 6.13. The molecule has 0 atom stereocenters. The Labute approximate surface area is 143 Å². The SMILES string of the molecule is Cl.NC1(C(=O)NCCc2ccc3c(c2)OCCO3)CCCCC1. The third-order valence-corrected chi connectivity index (χ3v) is 4.50. The van der Waals surface area contributed by atoms with Gasteiger partial charge in [-0.3, -0.25) is 4.79 Å². The summed E-state index contributed by atoms with van der Waals surface area (Å²) in [6.07, 6.45) is 5.63. The van der Waals surface area contributed by atoms with E-state index in [1.807, 2.05) is 18.2 Å². The van der Waals surface area contributed by atoms with Crippen LogP contribution in [0.15, 0.2) is 18.2 Å². The minimum Gasteiger partial charge on any atom is -0.486 e. The van der Waals surface area contributed by atoms with Gasteiger partial charge in [0.25, 0.3) is 0 Å². The number of nitrogens with two attached hydrogens (primary N) is 1. The molecule has 1 fully saturated rings. The van der Waals surface area contributed by atoms with E-state index in [0.29, 0.717) is 19.8 Å². The van der Waals surface area contributed by atoms with Gasteiger partial charge in [-0.25, -0.2) is 0 Å². The van der Waals surface area contributed by atoms with Crippen LogP contribution in [0.25, 0.3) is 0 Å². The van der Waals surface area contributed by atoms with Crippen LogP contribution in [0.1, 0.15) is 37.7 Å². The lowest BCUT2D eigenvalue weighted by atomic mass is 9.82. The normalized spacial score (nSPS) is 18.7. The molecule has 1 aromatic rings. The van der Waals surface area contributed by atoms with Crippen molar-refractivity contribution in [3.05, 3.63) is 23.8 Å². The van der Waals surface area contributed by atoms with E-state index in [9.17, 15) is 4.79 Å². The van der Waals surface area contributed by atoms with Crippen LogP contribution in [0.3, 0.4) is 0 Å². The van der Waals surface area contributed by atoms with Crippen LogP contribution < -0.4 is 20.5 Å².